The van der Waals surface area contributed by atoms with Crippen LogP contribution >= 0.6 is 11.6 Å². The monoisotopic (exact) mass is 213 g/mol. The highest BCUT2D eigenvalue weighted by Gasteiger charge is 2.36. The first-order valence-electron chi connectivity index (χ1n) is 5.77. The number of nitrogens with zero attached hydrogens (tertiary/aromatic N) is 1. The van der Waals surface area contributed by atoms with Crippen molar-refractivity contribution in [2.45, 2.75) is 31.6 Å². The Bertz CT molecular complexity index is 214. The molecule has 3 atom stereocenters. The molecule has 1 heterocycles. The van der Waals surface area contributed by atoms with Crippen molar-refractivity contribution in [1.82, 2.24) is 4.90 Å². The van der Waals surface area contributed by atoms with Gasteiger partial charge in [0.25, 0.3) is 0 Å². The van der Waals surface area contributed by atoms with E-state index in [9.17, 15) is 0 Å². The zero-order chi connectivity index (χ0) is 9.97. The Labute approximate surface area is 92.1 Å². The lowest BCUT2D eigenvalue weighted by Crippen LogP contribution is -2.23. The molecule has 0 bridgehead atoms. The smallest absolute Gasteiger partial charge is 0.0339 e. The summed E-state index contributed by atoms with van der Waals surface area (Å²) in [7, 11) is 0. The number of fused-ring (bicyclic) bond motifs is 1. The minimum atomic E-state index is 0.456. The van der Waals surface area contributed by atoms with Crippen molar-refractivity contribution in [3.63, 3.8) is 0 Å². The van der Waals surface area contributed by atoms with E-state index in [4.69, 9.17) is 11.6 Å². The van der Waals surface area contributed by atoms with Crippen molar-refractivity contribution in [1.29, 1.82) is 0 Å². The highest BCUT2D eigenvalue weighted by atomic mass is 35.5. The van der Waals surface area contributed by atoms with Crippen LogP contribution in [0.3, 0.4) is 0 Å². The van der Waals surface area contributed by atoms with Crippen LogP contribution in [0.25, 0.3) is 0 Å². The number of likely N-dealkylation sites (tertiary alicyclic amines) is 1. The molecule has 0 aromatic rings. The molecule has 0 amide bonds. The van der Waals surface area contributed by atoms with Crippen LogP contribution in [0.1, 0.15) is 26.2 Å². The third-order valence-corrected chi connectivity index (χ3v) is 4.06. The van der Waals surface area contributed by atoms with E-state index in [1.54, 1.807) is 0 Å². The van der Waals surface area contributed by atoms with Gasteiger partial charge in [0.2, 0.25) is 0 Å². The predicted molar refractivity (Wildman–Crippen MR) is 61.7 cm³/mol. The van der Waals surface area contributed by atoms with Crippen molar-refractivity contribution in [3.05, 3.63) is 12.2 Å². The standard InChI is InChI=1S/C12H20ClN/c1-2-3-6-14-8-10-4-5-12(13)7-11(10)9-14/h2-3,10-12H,4-9H2,1H3/b3-2+. The van der Waals surface area contributed by atoms with Crippen LogP contribution in [-0.2, 0) is 0 Å². The quantitative estimate of drug-likeness (QED) is 0.504. The Kier molecular flexibility index (Phi) is 3.51. The van der Waals surface area contributed by atoms with Crippen molar-refractivity contribution in [2.75, 3.05) is 19.6 Å². The number of hydrogen-bond acceptors (Lipinski definition) is 1. The molecule has 1 aliphatic carbocycles. The van der Waals surface area contributed by atoms with Gasteiger partial charge in [-0.25, -0.2) is 0 Å². The minimum absolute atomic E-state index is 0.456. The van der Waals surface area contributed by atoms with Crippen molar-refractivity contribution >= 4 is 11.6 Å². The number of hydrogen-bond donors (Lipinski definition) is 0. The molecule has 1 nitrogen and oxygen atoms in total. The molecule has 14 heavy (non-hydrogen) atoms. The maximum absolute atomic E-state index is 6.20. The number of alkyl halides is 1. The highest BCUT2D eigenvalue weighted by Crippen LogP contribution is 2.37. The summed E-state index contributed by atoms with van der Waals surface area (Å²) in [5.41, 5.74) is 0. The van der Waals surface area contributed by atoms with E-state index in [-0.39, 0.29) is 0 Å². The molecule has 2 rings (SSSR count). The van der Waals surface area contributed by atoms with Crippen LogP contribution in [0.2, 0.25) is 0 Å². The van der Waals surface area contributed by atoms with E-state index in [0.29, 0.717) is 5.38 Å². The zero-order valence-corrected chi connectivity index (χ0v) is 9.71. The van der Waals surface area contributed by atoms with Gasteiger partial charge < -0.3 is 0 Å². The number of halogens is 1. The Morgan fingerprint density at radius 1 is 1.29 bits per heavy atom. The largest absolute Gasteiger partial charge is 0.299 e. The Morgan fingerprint density at radius 3 is 2.86 bits per heavy atom. The Hall–Kier alpha value is -0.0100. The fraction of sp³-hybridized carbons (Fsp3) is 0.833. The average Bonchev–Trinajstić information content (AvgIpc) is 2.56. The normalized spacial score (nSPS) is 39.1. The topological polar surface area (TPSA) is 3.24 Å². The van der Waals surface area contributed by atoms with E-state index in [1.165, 1.54) is 32.4 Å². The molecule has 2 fully saturated rings. The first-order valence-corrected chi connectivity index (χ1v) is 6.21. The third-order valence-electron chi connectivity index (χ3n) is 3.66. The number of allylic oxidation sites excluding steroid dienone is 1. The Balaban J connectivity index is 1.85. The maximum Gasteiger partial charge on any atom is 0.0339 e. The fourth-order valence-electron chi connectivity index (χ4n) is 2.87. The van der Waals surface area contributed by atoms with Crippen molar-refractivity contribution < 1.29 is 0 Å². The van der Waals surface area contributed by atoms with Crippen LogP contribution in [0, 0.1) is 11.8 Å². The van der Waals surface area contributed by atoms with Gasteiger partial charge in [0.15, 0.2) is 0 Å². The lowest BCUT2D eigenvalue weighted by atomic mass is 9.82. The summed E-state index contributed by atoms with van der Waals surface area (Å²) in [4.78, 5) is 2.57. The van der Waals surface area contributed by atoms with Crippen molar-refractivity contribution in [2.24, 2.45) is 11.8 Å². The first-order chi connectivity index (χ1) is 6.79. The van der Waals surface area contributed by atoms with Gasteiger partial charge in [0.1, 0.15) is 0 Å². The van der Waals surface area contributed by atoms with Gasteiger partial charge >= 0.3 is 0 Å². The molecule has 0 aromatic carbocycles. The SMILES string of the molecule is C/C=C/CN1CC2CCC(Cl)CC2C1. The van der Waals surface area contributed by atoms with Gasteiger partial charge in [0, 0.05) is 25.0 Å². The van der Waals surface area contributed by atoms with Crippen LogP contribution in [0.15, 0.2) is 12.2 Å². The molecule has 80 valence electrons. The first kappa shape index (κ1) is 10.5. The summed E-state index contributed by atoms with van der Waals surface area (Å²) < 4.78 is 0. The number of rotatable bonds is 2. The summed E-state index contributed by atoms with van der Waals surface area (Å²) in [5.74, 6) is 1.83. The van der Waals surface area contributed by atoms with E-state index < -0.39 is 0 Å². The molecular formula is C12H20ClN. The van der Waals surface area contributed by atoms with E-state index >= 15 is 0 Å². The van der Waals surface area contributed by atoms with Crippen LogP contribution in [-0.4, -0.2) is 29.9 Å². The van der Waals surface area contributed by atoms with E-state index in [2.05, 4.69) is 24.0 Å². The average molecular weight is 214 g/mol. The van der Waals surface area contributed by atoms with Gasteiger partial charge in [-0.2, -0.15) is 0 Å². The van der Waals surface area contributed by atoms with Gasteiger partial charge in [-0.05, 0) is 38.0 Å². The molecule has 0 aromatic heterocycles. The summed E-state index contributed by atoms with van der Waals surface area (Å²) in [6.45, 7) is 5.81. The molecule has 1 aliphatic heterocycles. The van der Waals surface area contributed by atoms with Crippen molar-refractivity contribution in [3.8, 4) is 0 Å². The molecule has 1 saturated carbocycles. The van der Waals surface area contributed by atoms with Gasteiger partial charge in [0.05, 0.1) is 0 Å². The van der Waals surface area contributed by atoms with Gasteiger partial charge in [-0.1, -0.05) is 12.2 Å². The van der Waals surface area contributed by atoms with Crippen LogP contribution in [0.4, 0.5) is 0 Å². The summed E-state index contributed by atoms with van der Waals surface area (Å²) in [6, 6.07) is 0. The summed E-state index contributed by atoms with van der Waals surface area (Å²) >= 11 is 6.20. The van der Waals surface area contributed by atoms with Crippen LogP contribution < -0.4 is 0 Å². The second-order valence-electron chi connectivity index (χ2n) is 4.72. The zero-order valence-electron chi connectivity index (χ0n) is 8.95. The minimum Gasteiger partial charge on any atom is -0.299 e. The molecule has 3 unspecified atom stereocenters. The second kappa shape index (κ2) is 4.67. The molecule has 0 N–H and O–H groups in total. The Morgan fingerprint density at radius 2 is 2.07 bits per heavy atom. The summed E-state index contributed by atoms with van der Waals surface area (Å²) in [6.07, 6.45) is 8.24. The van der Waals surface area contributed by atoms with Gasteiger partial charge in [-0.3, -0.25) is 4.90 Å². The summed E-state index contributed by atoms with van der Waals surface area (Å²) in [5, 5.41) is 0.456. The molecular weight excluding hydrogens is 194 g/mol. The molecule has 1 saturated heterocycles. The van der Waals surface area contributed by atoms with E-state index in [1.807, 2.05) is 0 Å². The maximum atomic E-state index is 6.20. The van der Waals surface area contributed by atoms with E-state index in [0.717, 1.165) is 18.4 Å². The molecule has 0 radical (unpaired) electrons. The second-order valence-corrected chi connectivity index (χ2v) is 5.34. The fourth-order valence-corrected chi connectivity index (χ4v) is 3.23. The lowest BCUT2D eigenvalue weighted by Gasteiger charge is -2.27. The molecule has 2 aliphatic rings. The predicted octanol–water partition coefficient (Wildman–Crippen LogP) is 2.90. The molecule has 0 spiro atoms. The molecule has 2 heteroatoms. The lowest BCUT2D eigenvalue weighted by molar-refractivity contribution is 0.304. The highest BCUT2D eigenvalue weighted by molar-refractivity contribution is 6.20. The van der Waals surface area contributed by atoms with Crippen LogP contribution in [0.5, 0.6) is 0 Å². The third kappa shape index (κ3) is 2.32. The van der Waals surface area contributed by atoms with Gasteiger partial charge in [-0.15, -0.1) is 11.6 Å².